The quantitative estimate of drug-likeness (QED) is 0.412. The summed E-state index contributed by atoms with van der Waals surface area (Å²) in [6, 6.07) is 18.5. The average Bonchev–Trinajstić information content (AvgIpc) is 3.11. The van der Waals surface area contributed by atoms with Gasteiger partial charge in [0.25, 0.3) is 0 Å². The van der Waals surface area contributed by atoms with E-state index in [0.717, 1.165) is 0 Å². The van der Waals surface area contributed by atoms with Crippen molar-refractivity contribution in [1.29, 1.82) is 0 Å². The maximum atomic E-state index is 2.47. The Hall–Kier alpha value is -1.07. The monoisotopic (exact) mass is 405 g/mol. The Labute approximate surface area is 171 Å². The first-order valence-corrected chi connectivity index (χ1v) is 9.29. The first-order valence-electron chi connectivity index (χ1n) is 9.29. The molecule has 25 heavy (non-hydrogen) atoms. The van der Waals surface area contributed by atoms with E-state index in [1.54, 1.807) is 0 Å². The minimum absolute atomic E-state index is 0. The summed E-state index contributed by atoms with van der Waals surface area (Å²) < 4.78 is 0. The van der Waals surface area contributed by atoms with Crippen molar-refractivity contribution in [2.24, 2.45) is 5.41 Å². The van der Waals surface area contributed by atoms with Gasteiger partial charge < -0.3 is 0 Å². The topological polar surface area (TPSA) is 0 Å². The van der Waals surface area contributed by atoms with Crippen molar-refractivity contribution in [1.82, 2.24) is 0 Å². The molecule has 0 radical (unpaired) electrons. The fraction of sp³-hybridized carbons (Fsp3) is 0.375. The summed E-state index contributed by atoms with van der Waals surface area (Å²) in [6.45, 7) is 6.85. The summed E-state index contributed by atoms with van der Waals surface area (Å²) in [5.41, 5.74) is 7.44. The largest absolute Gasteiger partial charge is 0.164 e. The molecule has 1 aliphatic rings. The van der Waals surface area contributed by atoms with E-state index in [-0.39, 0.29) is 26.2 Å². The molecular formula is C24H27Zr-. The number of rotatable bonds is 3. The fourth-order valence-electron chi connectivity index (χ4n) is 4.68. The summed E-state index contributed by atoms with van der Waals surface area (Å²) in [5, 5.41) is 2.81. The minimum atomic E-state index is 0. The zero-order chi connectivity index (χ0) is 16.7. The van der Waals surface area contributed by atoms with Gasteiger partial charge >= 0.3 is 0 Å². The number of fused-ring (bicyclic) bond motifs is 1. The zero-order valence-corrected chi connectivity index (χ0v) is 18.1. The number of hydrogen-bond donors (Lipinski definition) is 0. The maximum absolute atomic E-state index is 2.47. The molecule has 1 aliphatic carbocycles. The van der Waals surface area contributed by atoms with E-state index in [2.05, 4.69) is 69.3 Å². The van der Waals surface area contributed by atoms with Gasteiger partial charge in [-0.15, -0.1) is 34.5 Å². The third kappa shape index (κ3) is 3.87. The third-order valence-corrected chi connectivity index (χ3v) is 5.78. The summed E-state index contributed by atoms with van der Waals surface area (Å²) >= 11 is 0. The van der Waals surface area contributed by atoms with Crippen LogP contribution in [0.15, 0.2) is 48.5 Å². The summed E-state index contributed by atoms with van der Waals surface area (Å²) in [5.74, 6) is 0. The molecule has 0 aliphatic heterocycles. The van der Waals surface area contributed by atoms with Crippen LogP contribution in [0, 0.1) is 19.3 Å². The smallest absolute Gasteiger partial charge is 0 e. The van der Waals surface area contributed by atoms with E-state index in [1.807, 2.05) is 0 Å². The average molecular weight is 407 g/mol. The molecule has 1 fully saturated rings. The van der Waals surface area contributed by atoms with Crippen LogP contribution in [0.3, 0.4) is 0 Å². The Balaban J connectivity index is 0.00000182. The Kier molecular flexibility index (Phi) is 5.45. The van der Waals surface area contributed by atoms with E-state index in [1.165, 1.54) is 70.7 Å². The van der Waals surface area contributed by atoms with E-state index < -0.39 is 0 Å². The van der Waals surface area contributed by atoms with Crippen molar-refractivity contribution < 1.29 is 26.2 Å². The third-order valence-electron chi connectivity index (χ3n) is 5.78. The van der Waals surface area contributed by atoms with E-state index in [4.69, 9.17) is 0 Å². The van der Waals surface area contributed by atoms with Crippen LogP contribution < -0.4 is 0 Å². The first kappa shape index (κ1) is 18.7. The van der Waals surface area contributed by atoms with Crippen molar-refractivity contribution in [3.8, 4) is 11.1 Å². The second kappa shape index (κ2) is 7.28. The van der Waals surface area contributed by atoms with E-state index >= 15 is 0 Å². The number of hydrogen-bond acceptors (Lipinski definition) is 0. The molecule has 0 unspecified atom stereocenters. The molecule has 0 heterocycles. The van der Waals surface area contributed by atoms with Gasteiger partial charge in [0.15, 0.2) is 0 Å². The van der Waals surface area contributed by atoms with Crippen LogP contribution in [0.25, 0.3) is 21.9 Å². The van der Waals surface area contributed by atoms with Gasteiger partial charge in [-0.3, -0.25) is 0 Å². The Morgan fingerprint density at radius 1 is 0.960 bits per heavy atom. The molecule has 0 saturated heterocycles. The predicted octanol–water partition coefficient (Wildman–Crippen LogP) is 6.96. The van der Waals surface area contributed by atoms with Gasteiger partial charge in [-0.05, 0) is 44.1 Å². The van der Waals surface area contributed by atoms with Crippen molar-refractivity contribution in [2.75, 3.05) is 0 Å². The van der Waals surface area contributed by atoms with Crippen LogP contribution in [0.1, 0.15) is 49.3 Å². The van der Waals surface area contributed by atoms with Gasteiger partial charge in [0.2, 0.25) is 0 Å². The molecule has 1 heteroatoms. The summed E-state index contributed by atoms with van der Waals surface area (Å²) in [7, 11) is 0. The Bertz CT molecular complexity index is 858. The Morgan fingerprint density at radius 3 is 2.32 bits per heavy atom. The fourth-order valence-corrected chi connectivity index (χ4v) is 4.68. The summed E-state index contributed by atoms with van der Waals surface area (Å²) in [6.07, 6.45) is 6.82. The first-order chi connectivity index (χ1) is 11.5. The molecule has 3 aromatic rings. The second-order valence-electron chi connectivity index (χ2n) is 8.24. The number of benzene rings is 2. The number of aryl methyl sites for hydroxylation is 2. The normalized spacial score (nSPS) is 16.1. The van der Waals surface area contributed by atoms with Gasteiger partial charge in [0.1, 0.15) is 0 Å². The Morgan fingerprint density at radius 2 is 1.64 bits per heavy atom. The van der Waals surface area contributed by atoms with Gasteiger partial charge in [0.05, 0.1) is 0 Å². The standard InChI is InChI=1S/C24H27.Zr/c1-17-11-18(2)13-21(12-17)22-8-6-7-20-14-19(15-23(20)22)16-24(3)9-4-5-10-24;/h6-8,11-15H,4-5,9-10,16H2,1-3H3;/q-1;. The molecule has 4 rings (SSSR count). The van der Waals surface area contributed by atoms with Gasteiger partial charge in [-0.2, -0.15) is 6.07 Å². The molecule has 128 valence electrons. The van der Waals surface area contributed by atoms with Crippen molar-refractivity contribution in [3.63, 3.8) is 0 Å². The molecule has 0 spiro atoms. The van der Waals surface area contributed by atoms with Crippen molar-refractivity contribution in [2.45, 2.75) is 52.9 Å². The van der Waals surface area contributed by atoms with Gasteiger partial charge in [-0.1, -0.05) is 60.7 Å². The molecule has 3 aromatic carbocycles. The van der Waals surface area contributed by atoms with Crippen LogP contribution in [-0.2, 0) is 32.6 Å². The predicted molar refractivity (Wildman–Crippen MR) is 105 cm³/mol. The summed E-state index contributed by atoms with van der Waals surface area (Å²) in [4.78, 5) is 0. The molecule has 0 aromatic heterocycles. The zero-order valence-electron chi connectivity index (χ0n) is 15.7. The molecule has 0 N–H and O–H groups in total. The van der Waals surface area contributed by atoms with E-state index in [9.17, 15) is 0 Å². The molecule has 0 atom stereocenters. The molecule has 0 nitrogen and oxygen atoms in total. The molecule has 0 bridgehead atoms. The molecule has 0 amide bonds. The van der Waals surface area contributed by atoms with Gasteiger partial charge in [0, 0.05) is 26.2 Å². The SMILES string of the molecule is Cc1cc(C)cc(-c2cccc3[cH-]c(CC4(C)CCCC4)cc23)c1.[Zr]. The molecular weight excluding hydrogens is 379 g/mol. The van der Waals surface area contributed by atoms with Crippen LogP contribution in [0.2, 0.25) is 0 Å². The van der Waals surface area contributed by atoms with Crippen LogP contribution >= 0.6 is 0 Å². The second-order valence-corrected chi connectivity index (χ2v) is 8.24. The van der Waals surface area contributed by atoms with Crippen LogP contribution in [0.4, 0.5) is 0 Å². The molecule has 1 saturated carbocycles. The van der Waals surface area contributed by atoms with Crippen LogP contribution in [0.5, 0.6) is 0 Å². The van der Waals surface area contributed by atoms with Crippen molar-refractivity contribution >= 4 is 10.8 Å². The van der Waals surface area contributed by atoms with Gasteiger partial charge in [-0.25, -0.2) is 0 Å². The maximum Gasteiger partial charge on any atom is 0 e. The minimum Gasteiger partial charge on any atom is -0.164 e. The van der Waals surface area contributed by atoms with Crippen molar-refractivity contribution in [3.05, 3.63) is 65.2 Å². The van der Waals surface area contributed by atoms with Crippen LogP contribution in [-0.4, -0.2) is 0 Å². The van der Waals surface area contributed by atoms with E-state index in [0.29, 0.717) is 5.41 Å².